The molecule has 0 aliphatic heterocycles. The van der Waals surface area contributed by atoms with Crippen molar-refractivity contribution in [2.24, 2.45) is 5.92 Å². The van der Waals surface area contributed by atoms with E-state index in [1.165, 1.54) is 6.92 Å². The highest BCUT2D eigenvalue weighted by molar-refractivity contribution is 6.33. The standard InChI is InChI=1S/C6H10O5/c1-3(4(8)2-7)5(9)6(10)11/h3-4,7-8H,2H2,1H3,(H,10,11). The molecule has 0 spiro atoms. The highest BCUT2D eigenvalue weighted by Gasteiger charge is 2.26. The van der Waals surface area contributed by atoms with Crippen LogP contribution in [-0.4, -0.2) is 39.8 Å². The van der Waals surface area contributed by atoms with Gasteiger partial charge in [0.1, 0.15) is 0 Å². The van der Waals surface area contributed by atoms with E-state index in [9.17, 15) is 9.59 Å². The van der Waals surface area contributed by atoms with Crippen LogP contribution in [0.1, 0.15) is 6.92 Å². The van der Waals surface area contributed by atoms with Crippen LogP contribution in [0, 0.1) is 5.92 Å². The highest BCUT2D eigenvalue weighted by Crippen LogP contribution is 2.03. The monoisotopic (exact) mass is 162 g/mol. The number of hydrogen-bond acceptors (Lipinski definition) is 4. The lowest BCUT2D eigenvalue weighted by molar-refractivity contribution is -0.152. The fourth-order valence-corrected chi connectivity index (χ4v) is 0.528. The number of carboxylic acid groups (broad SMARTS) is 1. The summed E-state index contributed by atoms with van der Waals surface area (Å²) in [5, 5.41) is 25.3. The first kappa shape index (κ1) is 10.1. The van der Waals surface area contributed by atoms with Gasteiger partial charge in [0.05, 0.1) is 18.6 Å². The highest BCUT2D eigenvalue weighted by atomic mass is 16.4. The third-order valence-corrected chi connectivity index (χ3v) is 1.39. The van der Waals surface area contributed by atoms with E-state index in [4.69, 9.17) is 15.3 Å². The predicted molar refractivity (Wildman–Crippen MR) is 34.9 cm³/mol. The second kappa shape index (κ2) is 4.05. The average molecular weight is 162 g/mol. The maximum Gasteiger partial charge on any atom is 0.372 e. The van der Waals surface area contributed by atoms with Crippen LogP contribution in [0.4, 0.5) is 0 Å². The minimum absolute atomic E-state index is 0.611. The molecular weight excluding hydrogens is 152 g/mol. The van der Waals surface area contributed by atoms with Gasteiger partial charge < -0.3 is 15.3 Å². The Hall–Kier alpha value is -0.940. The van der Waals surface area contributed by atoms with Gasteiger partial charge in [-0.15, -0.1) is 0 Å². The van der Waals surface area contributed by atoms with Gasteiger partial charge in [0, 0.05) is 0 Å². The quantitative estimate of drug-likeness (QED) is 0.443. The normalized spacial score (nSPS) is 15.5. The van der Waals surface area contributed by atoms with Crippen molar-refractivity contribution in [1.29, 1.82) is 0 Å². The fourth-order valence-electron chi connectivity index (χ4n) is 0.528. The fraction of sp³-hybridized carbons (Fsp3) is 0.667. The predicted octanol–water partition coefficient (Wildman–Crippen LogP) is -1.37. The minimum atomic E-state index is -1.59. The van der Waals surface area contributed by atoms with Gasteiger partial charge in [-0.05, 0) is 0 Å². The van der Waals surface area contributed by atoms with Gasteiger partial charge in [-0.1, -0.05) is 6.92 Å². The summed E-state index contributed by atoms with van der Waals surface area (Å²) in [6.45, 7) is 0.636. The van der Waals surface area contributed by atoms with Crippen molar-refractivity contribution in [3.63, 3.8) is 0 Å². The van der Waals surface area contributed by atoms with Crippen LogP contribution in [0.15, 0.2) is 0 Å². The van der Waals surface area contributed by atoms with E-state index in [0.717, 1.165) is 0 Å². The second-order valence-corrected chi connectivity index (χ2v) is 2.21. The van der Waals surface area contributed by atoms with Gasteiger partial charge in [0.15, 0.2) is 0 Å². The zero-order valence-electron chi connectivity index (χ0n) is 6.02. The molecule has 0 bridgehead atoms. The summed E-state index contributed by atoms with van der Waals surface area (Å²) < 4.78 is 0. The van der Waals surface area contributed by atoms with Gasteiger partial charge in [-0.3, -0.25) is 4.79 Å². The molecule has 0 aromatic heterocycles. The molecule has 2 unspecified atom stereocenters. The Kier molecular flexibility index (Phi) is 3.70. The summed E-state index contributed by atoms with van der Waals surface area (Å²) in [4.78, 5) is 20.6. The van der Waals surface area contributed by atoms with E-state index in [2.05, 4.69) is 0 Å². The van der Waals surface area contributed by atoms with Gasteiger partial charge in [-0.2, -0.15) is 0 Å². The third kappa shape index (κ3) is 2.65. The summed E-state index contributed by atoms with van der Waals surface area (Å²) in [7, 11) is 0. The van der Waals surface area contributed by atoms with Crippen molar-refractivity contribution in [3.05, 3.63) is 0 Å². The Bertz CT molecular complexity index is 164. The Morgan fingerprint density at radius 3 is 2.18 bits per heavy atom. The summed E-state index contributed by atoms with van der Waals surface area (Å²) in [5.41, 5.74) is 0. The van der Waals surface area contributed by atoms with Crippen LogP contribution in [0.5, 0.6) is 0 Å². The minimum Gasteiger partial charge on any atom is -0.475 e. The molecule has 0 aromatic carbocycles. The van der Waals surface area contributed by atoms with Crippen molar-refractivity contribution in [1.82, 2.24) is 0 Å². The van der Waals surface area contributed by atoms with Gasteiger partial charge in [0.25, 0.3) is 0 Å². The van der Waals surface area contributed by atoms with Gasteiger partial charge in [0.2, 0.25) is 5.78 Å². The summed E-state index contributed by atoms with van der Waals surface area (Å²) in [5.74, 6) is -3.74. The molecule has 64 valence electrons. The zero-order chi connectivity index (χ0) is 9.02. The lowest BCUT2D eigenvalue weighted by Gasteiger charge is -2.11. The Morgan fingerprint density at radius 1 is 1.45 bits per heavy atom. The Morgan fingerprint density at radius 2 is 1.91 bits per heavy atom. The molecule has 0 amide bonds. The molecule has 2 atom stereocenters. The number of aliphatic hydroxyl groups is 2. The van der Waals surface area contributed by atoms with E-state index in [1.807, 2.05) is 0 Å². The number of carbonyl (C=O) groups is 2. The van der Waals surface area contributed by atoms with Crippen LogP contribution in [0.25, 0.3) is 0 Å². The first-order valence-electron chi connectivity index (χ1n) is 3.06. The molecule has 0 aliphatic rings. The molecule has 0 aliphatic carbocycles. The summed E-state index contributed by atoms with van der Waals surface area (Å²) in [6.07, 6.45) is -1.29. The van der Waals surface area contributed by atoms with Crippen LogP contribution in [-0.2, 0) is 9.59 Å². The molecule has 0 saturated heterocycles. The van der Waals surface area contributed by atoms with Crippen molar-refractivity contribution in [2.45, 2.75) is 13.0 Å². The van der Waals surface area contributed by atoms with Crippen LogP contribution in [0.3, 0.4) is 0 Å². The number of hydrogen-bond donors (Lipinski definition) is 3. The number of carbonyl (C=O) groups excluding carboxylic acids is 1. The van der Waals surface area contributed by atoms with E-state index in [0.29, 0.717) is 0 Å². The van der Waals surface area contributed by atoms with Crippen LogP contribution < -0.4 is 0 Å². The molecule has 3 N–H and O–H groups in total. The number of ketones is 1. The van der Waals surface area contributed by atoms with E-state index >= 15 is 0 Å². The number of aliphatic carboxylic acids is 1. The molecule has 0 heterocycles. The van der Waals surface area contributed by atoms with Crippen molar-refractivity contribution in [2.75, 3.05) is 6.61 Å². The number of aliphatic hydroxyl groups excluding tert-OH is 2. The van der Waals surface area contributed by atoms with Crippen LogP contribution >= 0.6 is 0 Å². The smallest absolute Gasteiger partial charge is 0.372 e. The lowest BCUT2D eigenvalue weighted by atomic mass is 10.0. The van der Waals surface area contributed by atoms with Gasteiger partial charge in [-0.25, -0.2) is 4.79 Å². The molecular formula is C6H10O5. The maximum atomic E-state index is 10.6. The van der Waals surface area contributed by atoms with Crippen molar-refractivity contribution >= 4 is 11.8 Å². The Balaban J connectivity index is 4.13. The average Bonchev–Trinajstić information content (AvgIpc) is 2.00. The first-order chi connectivity index (χ1) is 5.00. The summed E-state index contributed by atoms with van der Waals surface area (Å²) in [6, 6.07) is 0. The van der Waals surface area contributed by atoms with E-state index in [-0.39, 0.29) is 0 Å². The Labute approximate surface area is 63.3 Å². The number of rotatable bonds is 4. The molecule has 0 radical (unpaired) electrons. The zero-order valence-corrected chi connectivity index (χ0v) is 6.02. The largest absolute Gasteiger partial charge is 0.475 e. The molecule has 5 heteroatoms. The SMILES string of the molecule is CC(C(=O)C(=O)O)C(O)CO. The third-order valence-electron chi connectivity index (χ3n) is 1.39. The number of carboxylic acids is 1. The molecule has 0 aromatic rings. The first-order valence-corrected chi connectivity index (χ1v) is 3.06. The van der Waals surface area contributed by atoms with Crippen molar-refractivity contribution in [3.8, 4) is 0 Å². The molecule has 0 saturated carbocycles. The van der Waals surface area contributed by atoms with E-state index < -0.39 is 30.4 Å². The van der Waals surface area contributed by atoms with Crippen molar-refractivity contribution < 1.29 is 24.9 Å². The van der Waals surface area contributed by atoms with Gasteiger partial charge >= 0.3 is 5.97 Å². The lowest BCUT2D eigenvalue weighted by Crippen LogP contribution is -2.33. The topological polar surface area (TPSA) is 94.8 Å². The molecule has 11 heavy (non-hydrogen) atoms. The maximum absolute atomic E-state index is 10.6. The van der Waals surface area contributed by atoms with Crippen LogP contribution in [0.2, 0.25) is 0 Å². The molecule has 0 fully saturated rings. The molecule has 5 nitrogen and oxygen atoms in total. The molecule has 0 rings (SSSR count). The van der Waals surface area contributed by atoms with E-state index in [1.54, 1.807) is 0 Å². The second-order valence-electron chi connectivity index (χ2n) is 2.21. The summed E-state index contributed by atoms with van der Waals surface area (Å²) >= 11 is 0. The number of Topliss-reactive ketones (excluding diaryl/α,β-unsaturated/α-hetero) is 1.